The van der Waals surface area contributed by atoms with Crippen molar-refractivity contribution >= 4 is 16.0 Å². The van der Waals surface area contributed by atoms with Crippen LogP contribution in [0, 0.1) is 13.8 Å². The lowest BCUT2D eigenvalue weighted by Gasteiger charge is -2.20. The third kappa shape index (κ3) is 7.06. The minimum absolute atomic E-state index is 0.0562. The molecule has 0 saturated carbocycles. The molecule has 3 heterocycles. The molecule has 0 radical (unpaired) electrons. The number of para-hydroxylation sites is 1. The van der Waals surface area contributed by atoms with Crippen molar-refractivity contribution < 1.29 is 27.0 Å². The van der Waals surface area contributed by atoms with E-state index in [-0.39, 0.29) is 31.2 Å². The molecule has 12 nitrogen and oxygen atoms in total. The Bertz CT molecular complexity index is 1770. The van der Waals surface area contributed by atoms with Crippen LogP contribution in [0.1, 0.15) is 29.1 Å². The molecule has 0 aliphatic carbocycles. The van der Waals surface area contributed by atoms with Crippen molar-refractivity contribution in [2.45, 2.75) is 38.5 Å². The lowest BCUT2D eigenvalue weighted by molar-refractivity contribution is 0.117. The van der Waals surface area contributed by atoms with Crippen LogP contribution >= 0.6 is 0 Å². The van der Waals surface area contributed by atoms with Crippen LogP contribution < -0.4 is 14.2 Å². The van der Waals surface area contributed by atoms with Gasteiger partial charge in [-0.15, -0.1) is 10.2 Å². The number of aryl methyl sites for hydroxylation is 2. The first-order valence-corrected chi connectivity index (χ1v) is 15.5. The number of sulfonamides is 1. The molecule has 13 heteroatoms. The van der Waals surface area contributed by atoms with Gasteiger partial charge in [0.25, 0.3) is 0 Å². The minimum atomic E-state index is -4.11. The molecule has 5 rings (SSSR count). The number of rotatable bonds is 14. The maximum atomic E-state index is 14.1. The number of benzene rings is 2. The Hall–Kier alpha value is -4.75. The van der Waals surface area contributed by atoms with Gasteiger partial charge in [0.05, 0.1) is 26.1 Å². The summed E-state index contributed by atoms with van der Waals surface area (Å²) < 4.78 is 55.3. The Labute approximate surface area is 256 Å². The van der Waals surface area contributed by atoms with Gasteiger partial charge in [0.2, 0.25) is 21.8 Å². The van der Waals surface area contributed by atoms with Crippen molar-refractivity contribution in [1.82, 2.24) is 24.7 Å². The highest BCUT2D eigenvalue weighted by Crippen LogP contribution is 2.38. The standard InChI is InChI=1S/C31H34N6O6S/c1-21-18-32-28(33-19-21)17-24(15-16-42-20-23-9-6-5-7-10-23)44(38,39)36-31-35-34-30(27-14-13-22(2)43-27)37(31)29-25(40-3)11-8-12-26(29)41-4/h5-14,18-19,24H,15-17,20H2,1-4H3,(H,35,36)/t24-/m1/s1. The number of hydrogen-bond donors (Lipinski definition) is 1. The predicted octanol–water partition coefficient (Wildman–Crippen LogP) is 4.91. The number of furan rings is 1. The first-order valence-electron chi connectivity index (χ1n) is 13.9. The van der Waals surface area contributed by atoms with Crippen LogP contribution in [0.5, 0.6) is 11.5 Å². The van der Waals surface area contributed by atoms with Gasteiger partial charge in [-0.1, -0.05) is 36.4 Å². The first kappa shape index (κ1) is 30.7. The second-order valence-corrected chi connectivity index (χ2v) is 12.0. The van der Waals surface area contributed by atoms with Crippen LogP contribution in [-0.2, 0) is 27.8 Å². The highest BCUT2D eigenvalue weighted by Gasteiger charge is 2.31. The van der Waals surface area contributed by atoms with Crippen LogP contribution in [-0.4, -0.2) is 59.2 Å². The molecule has 44 heavy (non-hydrogen) atoms. The third-order valence-corrected chi connectivity index (χ3v) is 8.61. The van der Waals surface area contributed by atoms with Crippen molar-refractivity contribution in [3.63, 3.8) is 0 Å². The lowest BCUT2D eigenvalue weighted by Crippen LogP contribution is -2.32. The zero-order valence-electron chi connectivity index (χ0n) is 24.9. The largest absolute Gasteiger partial charge is 0.494 e. The quantitative estimate of drug-likeness (QED) is 0.171. The molecular formula is C31H34N6O6S. The molecule has 3 aromatic heterocycles. The zero-order chi connectivity index (χ0) is 31.1. The Kier molecular flexibility index (Phi) is 9.56. The molecule has 0 bridgehead atoms. The maximum absolute atomic E-state index is 14.1. The lowest BCUT2D eigenvalue weighted by atomic mass is 10.2. The Morgan fingerprint density at radius 2 is 1.61 bits per heavy atom. The van der Waals surface area contributed by atoms with Gasteiger partial charge in [0, 0.05) is 25.4 Å². The molecule has 0 aliphatic rings. The fourth-order valence-corrected chi connectivity index (χ4v) is 5.94. The summed E-state index contributed by atoms with van der Waals surface area (Å²) in [6.45, 7) is 4.22. The SMILES string of the molecule is COc1cccc(OC)c1-n1c(NS(=O)(=O)[C@H](CCOCc2ccccc2)Cc2ncc(C)cn2)nnc1-c1ccc(C)o1. The van der Waals surface area contributed by atoms with E-state index < -0.39 is 15.3 Å². The molecule has 0 spiro atoms. The topological polar surface area (TPSA) is 143 Å². The van der Waals surface area contributed by atoms with E-state index in [1.165, 1.54) is 18.8 Å². The second-order valence-electron chi connectivity index (χ2n) is 10.1. The van der Waals surface area contributed by atoms with Crippen LogP contribution in [0.3, 0.4) is 0 Å². The van der Waals surface area contributed by atoms with Crippen molar-refractivity contribution in [3.8, 4) is 28.8 Å². The molecule has 0 amide bonds. The van der Waals surface area contributed by atoms with Crippen LogP contribution in [0.25, 0.3) is 17.3 Å². The van der Waals surface area contributed by atoms with E-state index in [0.29, 0.717) is 41.1 Å². The summed E-state index contributed by atoms with van der Waals surface area (Å²) in [6, 6.07) is 18.4. The fraction of sp³-hybridized carbons (Fsp3) is 0.290. The van der Waals surface area contributed by atoms with Gasteiger partial charge in [-0.25, -0.2) is 18.4 Å². The van der Waals surface area contributed by atoms with Gasteiger partial charge in [0.15, 0.2) is 5.76 Å². The maximum Gasteiger partial charge on any atom is 0.243 e. The number of hydrogen-bond acceptors (Lipinski definition) is 10. The number of methoxy groups -OCH3 is 2. The van der Waals surface area contributed by atoms with Crippen LogP contribution in [0.15, 0.2) is 77.5 Å². The van der Waals surface area contributed by atoms with E-state index in [0.717, 1.165) is 11.1 Å². The van der Waals surface area contributed by atoms with E-state index in [1.807, 2.05) is 37.3 Å². The number of nitrogens with zero attached hydrogens (tertiary/aromatic N) is 5. The van der Waals surface area contributed by atoms with Gasteiger partial charge in [-0.2, -0.15) is 0 Å². The molecule has 1 N–H and O–H groups in total. The fourth-order valence-electron chi connectivity index (χ4n) is 4.61. The Morgan fingerprint density at radius 1 is 0.909 bits per heavy atom. The minimum Gasteiger partial charge on any atom is -0.494 e. The second kappa shape index (κ2) is 13.7. The summed E-state index contributed by atoms with van der Waals surface area (Å²) in [4.78, 5) is 8.70. The molecule has 0 unspecified atom stereocenters. The molecule has 2 aromatic carbocycles. The highest BCUT2D eigenvalue weighted by molar-refractivity contribution is 7.93. The molecular weight excluding hydrogens is 584 g/mol. The average Bonchev–Trinajstić information content (AvgIpc) is 3.64. The van der Waals surface area contributed by atoms with Gasteiger partial charge >= 0.3 is 0 Å². The van der Waals surface area contributed by atoms with E-state index in [1.54, 1.807) is 49.6 Å². The Balaban J connectivity index is 1.50. The van der Waals surface area contributed by atoms with Gasteiger partial charge in [-0.3, -0.25) is 9.29 Å². The molecule has 1 atom stereocenters. The monoisotopic (exact) mass is 618 g/mol. The van der Waals surface area contributed by atoms with Crippen molar-refractivity contribution in [1.29, 1.82) is 0 Å². The normalized spacial score (nSPS) is 12.2. The van der Waals surface area contributed by atoms with Gasteiger partial charge in [0.1, 0.15) is 28.8 Å². The van der Waals surface area contributed by atoms with E-state index >= 15 is 0 Å². The smallest absolute Gasteiger partial charge is 0.243 e. The Morgan fingerprint density at radius 3 is 2.25 bits per heavy atom. The zero-order valence-corrected chi connectivity index (χ0v) is 25.7. The van der Waals surface area contributed by atoms with E-state index in [4.69, 9.17) is 18.6 Å². The molecule has 230 valence electrons. The van der Waals surface area contributed by atoms with Crippen molar-refractivity contribution in [3.05, 3.63) is 95.8 Å². The van der Waals surface area contributed by atoms with Gasteiger partial charge < -0.3 is 18.6 Å². The summed E-state index contributed by atoms with van der Waals surface area (Å²) in [6.07, 6.45) is 3.55. The summed E-state index contributed by atoms with van der Waals surface area (Å²) in [5.41, 5.74) is 2.26. The van der Waals surface area contributed by atoms with E-state index in [9.17, 15) is 8.42 Å². The van der Waals surface area contributed by atoms with Crippen molar-refractivity contribution in [2.75, 3.05) is 25.5 Å². The van der Waals surface area contributed by atoms with Crippen molar-refractivity contribution in [2.24, 2.45) is 0 Å². The van der Waals surface area contributed by atoms with Crippen LogP contribution in [0.2, 0.25) is 0 Å². The number of ether oxygens (including phenoxy) is 3. The van der Waals surface area contributed by atoms with E-state index in [2.05, 4.69) is 24.9 Å². The predicted molar refractivity (Wildman–Crippen MR) is 164 cm³/mol. The summed E-state index contributed by atoms with van der Waals surface area (Å²) >= 11 is 0. The number of aromatic nitrogens is 5. The molecule has 5 aromatic rings. The summed E-state index contributed by atoms with van der Waals surface area (Å²) in [5, 5.41) is 7.59. The average molecular weight is 619 g/mol. The highest BCUT2D eigenvalue weighted by atomic mass is 32.2. The summed E-state index contributed by atoms with van der Waals surface area (Å²) in [7, 11) is -1.09. The number of nitrogens with one attached hydrogen (secondary N) is 1. The van der Waals surface area contributed by atoms with Gasteiger partial charge in [-0.05, 0) is 55.7 Å². The molecule has 0 fully saturated rings. The summed E-state index contributed by atoms with van der Waals surface area (Å²) in [5.74, 6) is 2.43. The first-order chi connectivity index (χ1) is 21.3. The molecule has 0 aliphatic heterocycles. The number of anilines is 1. The van der Waals surface area contributed by atoms with Crippen LogP contribution in [0.4, 0.5) is 5.95 Å². The molecule has 0 saturated heterocycles. The third-order valence-electron chi connectivity index (χ3n) is 6.86.